The second-order valence-corrected chi connectivity index (χ2v) is 6.56. The van der Waals surface area contributed by atoms with Crippen molar-refractivity contribution in [2.45, 2.75) is 33.3 Å². The Labute approximate surface area is 152 Å². The molecule has 0 atom stereocenters. The van der Waals surface area contributed by atoms with Crippen molar-refractivity contribution in [2.24, 2.45) is 0 Å². The number of aryl methyl sites for hydroxylation is 2. The fraction of sp³-hybridized carbons (Fsp3) is 0.286. The highest BCUT2D eigenvalue weighted by molar-refractivity contribution is 6.21. The Morgan fingerprint density at radius 3 is 2.46 bits per heavy atom. The van der Waals surface area contributed by atoms with Crippen molar-refractivity contribution in [2.75, 3.05) is 6.54 Å². The predicted octanol–water partition coefficient (Wildman–Crippen LogP) is 3.42. The van der Waals surface area contributed by atoms with E-state index in [9.17, 15) is 14.4 Å². The highest BCUT2D eigenvalue weighted by atomic mass is 16.5. The fourth-order valence-corrected chi connectivity index (χ4v) is 3.03. The number of hydrogen-bond acceptors (Lipinski definition) is 4. The van der Waals surface area contributed by atoms with Gasteiger partial charge in [-0.3, -0.25) is 19.3 Å². The molecule has 134 valence electrons. The zero-order valence-corrected chi connectivity index (χ0v) is 15.0. The number of imide groups is 1. The van der Waals surface area contributed by atoms with E-state index in [0.717, 1.165) is 16.7 Å². The number of amides is 2. The van der Waals surface area contributed by atoms with Gasteiger partial charge < -0.3 is 4.74 Å². The number of esters is 1. The summed E-state index contributed by atoms with van der Waals surface area (Å²) in [6, 6.07) is 13.0. The van der Waals surface area contributed by atoms with Crippen molar-refractivity contribution in [1.82, 2.24) is 4.90 Å². The van der Waals surface area contributed by atoms with Gasteiger partial charge in [0.2, 0.25) is 0 Å². The summed E-state index contributed by atoms with van der Waals surface area (Å²) in [4.78, 5) is 37.8. The van der Waals surface area contributed by atoms with Crippen molar-refractivity contribution >= 4 is 17.8 Å². The van der Waals surface area contributed by atoms with Crippen LogP contribution in [0.1, 0.15) is 50.2 Å². The van der Waals surface area contributed by atoms with E-state index in [-0.39, 0.29) is 37.4 Å². The first-order valence-corrected chi connectivity index (χ1v) is 8.64. The topological polar surface area (TPSA) is 63.7 Å². The van der Waals surface area contributed by atoms with Gasteiger partial charge in [0, 0.05) is 13.0 Å². The van der Waals surface area contributed by atoms with Crippen molar-refractivity contribution < 1.29 is 19.1 Å². The maximum atomic E-state index is 12.4. The minimum Gasteiger partial charge on any atom is -0.461 e. The van der Waals surface area contributed by atoms with E-state index in [1.165, 1.54) is 4.90 Å². The zero-order valence-electron chi connectivity index (χ0n) is 15.0. The molecule has 0 N–H and O–H groups in total. The standard InChI is InChI=1S/C21H21NO4/c1-14-5-3-6-16(11-14)13-26-19(23)7-4-10-22-20(24)17-9-8-15(2)12-18(17)21(22)25/h3,5-6,8-9,11-12H,4,7,10,13H2,1-2H3. The SMILES string of the molecule is Cc1cccc(COC(=O)CCCN2C(=O)c3ccc(C)cc3C2=O)c1. The van der Waals surface area contributed by atoms with Gasteiger partial charge in [0.05, 0.1) is 11.1 Å². The third-order valence-corrected chi connectivity index (χ3v) is 4.37. The quantitative estimate of drug-likeness (QED) is 0.591. The van der Waals surface area contributed by atoms with E-state index in [1.807, 2.05) is 44.2 Å². The monoisotopic (exact) mass is 351 g/mol. The molecule has 2 aromatic rings. The van der Waals surface area contributed by atoms with E-state index < -0.39 is 0 Å². The van der Waals surface area contributed by atoms with Crippen molar-refractivity contribution in [3.8, 4) is 0 Å². The number of carbonyl (C=O) groups excluding carboxylic acids is 3. The van der Waals surface area contributed by atoms with E-state index in [2.05, 4.69) is 0 Å². The Kier molecular flexibility index (Phi) is 5.16. The van der Waals surface area contributed by atoms with Crippen LogP contribution in [0.3, 0.4) is 0 Å². The van der Waals surface area contributed by atoms with E-state index in [4.69, 9.17) is 4.74 Å². The summed E-state index contributed by atoms with van der Waals surface area (Å²) in [6.07, 6.45) is 0.551. The second kappa shape index (κ2) is 7.52. The summed E-state index contributed by atoms with van der Waals surface area (Å²) in [5.41, 5.74) is 3.86. The highest BCUT2D eigenvalue weighted by Gasteiger charge is 2.34. The van der Waals surface area contributed by atoms with Crippen molar-refractivity contribution in [3.05, 3.63) is 70.3 Å². The molecule has 0 aromatic heterocycles. The summed E-state index contributed by atoms with van der Waals surface area (Å²) in [5, 5.41) is 0. The summed E-state index contributed by atoms with van der Waals surface area (Å²) in [5.74, 6) is -0.918. The molecule has 0 spiro atoms. The average Bonchev–Trinajstić information content (AvgIpc) is 2.84. The molecular formula is C21H21NO4. The van der Waals surface area contributed by atoms with Gasteiger partial charge in [0.25, 0.3) is 11.8 Å². The van der Waals surface area contributed by atoms with Crippen LogP contribution < -0.4 is 0 Å². The Morgan fingerprint density at radius 1 is 0.962 bits per heavy atom. The molecule has 5 nitrogen and oxygen atoms in total. The van der Waals surface area contributed by atoms with Gasteiger partial charge in [-0.15, -0.1) is 0 Å². The lowest BCUT2D eigenvalue weighted by Crippen LogP contribution is -2.31. The van der Waals surface area contributed by atoms with Crippen LogP contribution >= 0.6 is 0 Å². The fourth-order valence-electron chi connectivity index (χ4n) is 3.03. The molecule has 1 heterocycles. The van der Waals surface area contributed by atoms with Gasteiger partial charge in [0.1, 0.15) is 6.61 Å². The first kappa shape index (κ1) is 17.9. The molecule has 0 saturated heterocycles. The number of fused-ring (bicyclic) bond motifs is 1. The van der Waals surface area contributed by atoms with Gasteiger partial charge in [-0.1, -0.05) is 41.5 Å². The number of nitrogens with zero attached hydrogens (tertiary/aromatic N) is 1. The molecule has 0 bridgehead atoms. The molecule has 0 unspecified atom stereocenters. The molecule has 1 aliphatic rings. The zero-order chi connectivity index (χ0) is 18.7. The summed E-state index contributed by atoms with van der Waals surface area (Å²) in [7, 11) is 0. The summed E-state index contributed by atoms with van der Waals surface area (Å²) < 4.78 is 5.25. The second-order valence-electron chi connectivity index (χ2n) is 6.56. The molecule has 0 saturated carbocycles. The largest absolute Gasteiger partial charge is 0.461 e. The van der Waals surface area contributed by atoms with Crippen molar-refractivity contribution in [1.29, 1.82) is 0 Å². The number of hydrogen-bond donors (Lipinski definition) is 0. The Morgan fingerprint density at radius 2 is 1.69 bits per heavy atom. The lowest BCUT2D eigenvalue weighted by molar-refractivity contribution is -0.145. The van der Waals surface area contributed by atoms with Crippen LogP contribution in [0.15, 0.2) is 42.5 Å². The first-order valence-electron chi connectivity index (χ1n) is 8.64. The Bertz CT molecular complexity index is 872. The third-order valence-electron chi connectivity index (χ3n) is 4.37. The van der Waals surface area contributed by atoms with Crippen LogP contribution in [0.25, 0.3) is 0 Å². The van der Waals surface area contributed by atoms with E-state index in [1.54, 1.807) is 12.1 Å². The molecule has 2 amide bonds. The van der Waals surface area contributed by atoms with Crippen LogP contribution in [-0.2, 0) is 16.1 Å². The minimum atomic E-state index is -0.334. The van der Waals surface area contributed by atoms with Crippen LogP contribution in [0, 0.1) is 13.8 Å². The number of ether oxygens (including phenoxy) is 1. The highest BCUT2D eigenvalue weighted by Crippen LogP contribution is 2.24. The molecule has 0 aliphatic carbocycles. The van der Waals surface area contributed by atoms with Crippen molar-refractivity contribution in [3.63, 3.8) is 0 Å². The average molecular weight is 351 g/mol. The van der Waals surface area contributed by atoms with Gasteiger partial charge in [0.15, 0.2) is 0 Å². The molecular weight excluding hydrogens is 330 g/mol. The summed E-state index contributed by atoms with van der Waals surface area (Å²) >= 11 is 0. The Balaban J connectivity index is 1.48. The molecule has 26 heavy (non-hydrogen) atoms. The lowest BCUT2D eigenvalue weighted by Gasteiger charge is -2.13. The van der Waals surface area contributed by atoms with Gasteiger partial charge in [-0.2, -0.15) is 0 Å². The molecule has 0 radical (unpaired) electrons. The van der Waals surface area contributed by atoms with Gasteiger partial charge >= 0.3 is 5.97 Å². The van der Waals surface area contributed by atoms with Crippen LogP contribution in [-0.4, -0.2) is 29.2 Å². The molecule has 0 fully saturated rings. The van der Waals surface area contributed by atoms with Gasteiger partial charge in [-0.05, 0) is 38.0 Å². The van der Waals surface area contributed by atoms with E-state index in [0.29, 0.717) is 17.5 Å². The van der Waals surface area contributed by atoms with E-state index >= 15 is 0 Å². The normalized spacial score (nSPS) is 13.1. The van der Waals surface area contributed by atoms with Gasteiger partial charge in [-0.25, -0.2) is 0 Å². The number of rotatable bonds is 6. The number of carbonyl (C=O) groups is 3. The molecule has 5 heteroatoms. The predicted molar refractivity (Wildman–Crippen MR) is 96.8 cm³/mol. The maximum absolute atomic E-state index is 12.4. The molecule has 3 rings (SSSR count). The maximum Gasteiger partial charge on any atom is 0.306 e. The van der Waals surface area contributed by atoms with Crippen LogP contribution in [0.4, 0.5) is 0 Å². The third kappa shape index (κ3) is 3.82. The minimum absolute atomic E-state index is 0.165. The van der Waals surface area contributed by atoms with Crippen LogP contribution in [0.2, 0.25) is 0 Å². The lowest BCUT2D eigenvalue weighted by atomic mass is 10.1. The summed E-state index contributed by atoms with van der Waals surface area (Å²) in [6.45, 7) is 4.30. The Hall–Kier alpha value is -2.95. The first-order chi connectivity index (χ1) is 12.5. The molecule has 2 aromatic carbocycles. The number of benzene rings is 2. The smallest absolute Gasteiger partial charge is 0.306 e. The molecule has 1 aliphatic heterocycles. The van der Waals surface area contributed by atoms with Crippen LogP contribution in [0.5, 0.6) is 0 Å².